The number of thiazole rings is 1. The van der Waals surface area contributed by atoms with Gasteiger partial charge in [-0.3, -0.25) is 9.69 Å². The maximum Gasteiger partial charge on any atom is 0.221 e. The average Bonchev–Trinajstić information content (AvgIpc) is 3.07. The molecule has 0 aliphatic carbocycles. The van der Waals surface area contributed by atoms with Crippen molar-refractivity contribution in [3.8, 4) is 0 Å². The molecule has 32 heavy (non-hydrogen) atoms. The molecule has 0 bridgehead atoms. The van der Waals surface area contributed by atoms with E-state index in [4.69, 9.17) is 10.7 Å². The number of primary amides is 1. The number of rotatable bonds is 8. The molecule has 0 saturated carbocycles. The number of hydrogen-bond donors (Lipinski definition) is 3. The molecule has 3 rings (SSSR count). The van der Waals surface area contributed by atoms with Crippen LogP contribution in [-0.4, -0.2) is 41.4 Å². The summed E-state index contributed by atoms with van der Waals surface area (Å²) in [5.41, 5.74) is 9.01. The van der Waals surface area contributed by atoms with Crippen LogP contribution in [0.1, 0.15) is 46.5 Å². The maximum atomic E-state index is 11.5. The molecule has 2 aromatic rings. The number of carbonyl (C=O) groups excluding carboxylic acids is 1. The van der Waals surface area contributed by atoms with Crippen molar-refractivity contribution < 1.29 is 4.79 Å². The second kappa shape index (κ2) is 13.1. The van der Waals surface area contributed by atoms with E-state index in [0.29, 0.717) is 6.54 Å². The van der Waals surface area contributed by atoms with Crippen LogP contribution in [0.15, 0.2) is 29.3 Å². The Kier molecular flexibility index (Phi) is 10.9. The van der Waals surface area contributed by atoms with Crippen molar-refractivity contribution in [3.63, 3.8) is 0 Å². The molecule has 1 atom stereocenters. The number of halogens is 1. The highest BCUT2D eigenvalue weighted by atomic mass is 127. The van der Waals surface area contributed by atoms with Gasteiger partial charge in [-0.1, -0.05) is 24.3 Å². The molecule has 1 saturated heterocycles. The van der Waals surface area contributed by atoms with Crippen molar-refractivity contribution in [3.05, 3.63) is 51.0 Å². The first kappa shape index (κ1) is 26.5. The van der Waals surface area contributed by atoms with Crippen LogP contribution >= 0.6 is 35.3 Å². The predicted molar refractivity (Wildman–Crippen MR) is 142 cm³/mol. The predicted octanol–water partition coefficient (Wildman–Crippen LogP) is 3.33. The van der Waals surface area contributed by atoms with Crippen LogP contribution in [0.4, 0.5) is 0 Å². The van der Waals surface area contributed by atoms with E-state index in [1.165, 1.54) is 16.0 Å². The Balaban J connectivity index is 0.00000363. The van der Waals surface area contributed by atoms with Gasteiger partial charge in [-0.2, -0.15) is 0 Å². The van der Waals surface area contributed by atoms with Gasteiger partial charge in [0.1, 0.15) is 0 Å². The van der Waals surface area contributed by atoms with E-state index in [2.05, 4.69) is 51.7 Å². The minimum Gasteiger partial charge on any atom is -0.369 e. The van der Waals surface area contributed by atoms with Crippen molar-refractivity contribution in [2.45, 2.75) is 53.2 Å². The number of amides is 1. The first-order valence-corrected chi connectivity index (χ1v) is 11.8. The van der Waals surface area contributed by atoms with Crippen molar-refractivity contribution >= 4 is 47.2 Å². The largest absolute Gasteiger partial charge is 0.369 e. The van der Waals surface area contributed by atoms with Crippen LogP contribution in [-0.2, 0) is 24.4 Å². The third-order valence-corrected chi connectivity index (χ3v) is 6.56. The summed E-state index contributed by atoms with van der Waals surface area (Å²) in [4.78, 5) is 24.4. The SMILES string of the molecule is CCNC(=NCc1cccc(CN2CCCC(C(N)=O)C2)c1)NCc1sc(C)nc1C.I. The lowest BCUT2D eigenvalue weighted by Crippen LogP contribution is -2.40. The van der Waals surface area contributed by atoms with Crippen LogP contribution in [0.5, 0.6) is 0 Å². The molecule has 1 aromatic carbocycles. The third-order valence-electron chi connectivity index (χ3n) is 5.49. The Bertz CT molecular complexity index is 916. The molecule has 4 N–H and O–H groups in total. The summed E-state index contributed by atoms with van der Waals surface area (Å²) in [5, 5.41) is 7.82. The minimum absolute atomic E-state index is 0. The van der Waals surface area contributed by atoms with Gasteiger partial charge in [0.2, 0.25) is 5.91 Å². The number of hydrogen-bond acceptors (Lipinski definition) is 5. The molecule has 1 aromatic heterocycles. The molecular weight excluding hydrogens is 535 g/mol. The summed E-state index contributed by atoms with van der Waals surface area (Å²) in [7, 11) is 0. The number of benzene rings is 1. The van der Waals surface area contributed by atoms with Crippen LogP contribution in [0.2, 0.25) is 0 Å². The van der Waals surface area contributed by atoms with Gasteiger partial charge in [0, 0.05) is 24.5 Å². The number of aromatic nitrogens is 1. The number of piperidine rings is 1. The van der Waals surface area contributed by atoms with Gasteiger partial charge in [0.15, 0.2) is 5.96 Å². The van der Waals surface area contributed by atoms with Gasteiger partial charge < -0.3 is 16.4 Å². The average molecular weight is 571 g/mol. The molecular formula is C23H35IN6OS. The summed E-state index contributed by atoms with van der Waals surface area (Å²) in [6.45, 7) is 10.9. The van der Waals surface area contributed by atoms with Gasteiger partial charge in [0.25, 0.3) is 0 Å². The molecule has 2 heterocycles. The van der Waals surface area contributed by atoms with E-state index >= 15 is 0 Å². The zero-order valence-corrected chi connectivity index (χ0v) is 22.3. The lowest BCUT2D eigenvalue weighted by Gasteiger charge is -2.31. The fourth-order valence-electron chi connectivity index (χ4n) is 3.93. The molecule has 1 amide bonds. The third kappa shape index (κ3) is 8.00. The van der Waals surface area contributed by atoms with Crippen LogP contribution in [0.3, 0.4) is 0 Å². The first-order valence-electron chi connectivity index (χ1n) is 11.0. The first-order chi connectivity index (χ1) is 14.9. The molecule has 176 valence electrons. The van der Waals surface area contributed by atoms with Crippen LogP contribution < -0.4 is 16.4 Å². The second-order valence-electron chi connectivity index (χ2n) is 8.09. The van der Waals surface area contributed by atoms with Gasteiger partial charge in [-0.15, -0.1) is 35.3 Å². The number of nitrogens with two attached hydrogens (primary N) is 1. The zero-order chi connectivity index (χ0) is 22.2. The summed E-state index contributed by atoms with van der Waals surface area (Å²) < 4.78 is 0. The monoisotopic (exact) mass is 570 g/mol. The normalized spacial score (nSPS) is 17.0. The second-order valence-corrected chi connectivity index (χ2v) is 9.37. The van der Waals surface area contributed by atoms with E-state index in [-0.39, 0.29) is 35.8 Å². The number of likely N-dealkylation sites (tertiary alicyclic amines) is 1. The number of aryl methyl sites for hydroxylation is 2. The van der Waals surface area contributed by atoms with Gasteiger partial charge in [-0.25, -0.2) is 9.98 Å². The van der Waals surface area contributed by atoms with Crippen LogP contribution in [0, 0.1) is 19.8 Å². The summed E-state index contributed by atoms with van der Waals surface area (Å²) in [6.07, 6.45) is 1.93. The van der Waals surface area contributed by atoms with Crippen molar-refractivity contribution in [2.75, 3.05) is 19.6 Å². The van der Waals surface area contributed by atoms with E-state index in [1.807, 2.05) is 13.8 Å². The Morgan fingerprint density at radius 2 is 2.09 bits per heavy atom. The lowest BCUT2D eigenvalue weighted by molar-refractivity contribution is -0.123. The fourth-order valence-corrected chi connectivity index (χ4v) is 4.81. The highest BCUT2D eigenvalue weighted by molar-refractivity contribution is 14.0. The fraction of sp³-hybridized carbons (Fsp3) is 0.522. The maximum absolute atomic E-state index is 11.5. The Hall–Kier alpha value is -1.72. The van der Waals surface area contributed by atoms with Crippen molar-refractivity contribution in [2.24, 2.45) is 16.6 Å². The molecule has 0 spiro atoms. The topological polar surface area (TPSA) is 95.6 Å². The van der Waals surface area contributed by atoms with Crippen molar-refractivity contribution in [1.82, 2.24) is 20.5 Å². The molecule has 7 nitrogen and oxygen atoms in total. The Morgan fingerprint density at radius 3 is 2.78 bits per heavy atom. The number of carbonyl (C=O) groups is 1. The molecule has 1 fully saturated rings. The molecule has 1 aliphatic rings. The summed E-state index contributed by atoms with van der Waals surface area (Å²) >= 11 is 1.72. The van der Waals surface area contributed by atoms with Crippen molar-refractivity contribution in [1.29, 1.82) is 0 Å². The van der Waals surface area contributed by atoms with E-state index < -0.39 is 0 Å². The number of nitrogens with one attached hydrogen (secondary N) is 2. The standard InChI is InChI=1S/C23H34N6OS.HI/c1-4-25-23(27-13-21-16(2)28-17(3)31-21)26-12-18-7-5-8-19(11-18)14-29-10-6-9-20(15-29)22(24)30;/h5,7-8,11,20H,4,6,9-10,12-15H2,1-3H3,(H2,24,30)(H2,25,26,27);1H. The zero-order valence-electron chi connectivity index (χ0n) is 19.2. The summed E-state index contributed by atoms with van der Waals surface area (Å²) in [5.74, 6) is 0.597. The van der Waals surface area contributed by atoms with Crippen LogP contribution in [0.25, 0.3) is 0 Å². The number of aliphatic imine (C=N–C) groups is 1. The van der Waals surface area contributed by atoms with Gasteiger partial charge >= 0.3 is 0 Å². The van der Waals surface area contributed by atoms with E-state index in [0.717, 1.165) is 62.2 Å². The minimum atomic E-state index is -0.181. The Labute approximate surface area is 212 Å². The summed E-state index contributed by atoms with van der Waals surface area (Å²) in [6, 6.07) is 8.53. The number of guanidine groups is 1. The van der Waals surface area contributed by atoms with E-state index in [1.54, 1.807) is 11.3 Å². The van der Waals surface area contributed by atoms with Gasteiger partial charge in [0.05, 0.1) is 29.7 Å². The van der Waals surface area contributed by atoms with E-state index in [9.17, 15) is 4.79 Å². The van der Waals surface area contributed by atoms with Gasteiger partial charge in [-0.05, 0) is 51.3 Å². The smallest absolute Gasteiger partial charge is 0.221 e. The molecule has 9 heteroatoms. The quantitative estimate of drug-likeness (QED) is 0.257. The number of nitrogens with zero attached hydrogens (tertiary/aromatic N) is 3. The highest BCUT2D eigenvalue weighted by Crippen LogP contribution is 2.19. The Morgan fingerprint density at radius 1 is 1.31 bits per heavy atom. The highest BCUT2D eigenvalue weighted by Gasteiger charge is 2.23. The molecule has 0 radical (unpaired) electrons. The molecule has 1 unspecified atom stereocenters. The lowest BCUT2D eigenvalue weighted by atomic mass is 9.97. The molecule has 1 aliphatic heterocycles.